The van der Waals surface area contributed by atoms with Crippen LogP contribution in [0.25, 0.3) is 6.08 Å². The fourth-order valence-corrected chi connectivity index (χ4v) is 0.966. The molecule has 0 heterocycles. The molecule has 0 aliphatic rings. The third-order valence-electron chi connectivity index (χ3n) is 1.58. The van der Waals surface area contributed by atoms with E-state index in [9.17, 15) is 0 Å². The Morgan fingerprint density at radius 1 is 1.50 bits per heavy atom. The highest BCUT2D eigenvalue weighted by molar-refractivity contribution is 5.66. The Morgan fingerprint density at radius 2 is 2.25 bits per heavy atom. The summed E-state index contributed by atoms with van der Waals surface area (Å²) in [7, 11) is 0. The van der Waals surface area contributed by atoms with Crippen LogP contribution in [0.15, 0.2) is 24.3 Å². The van der Waals surface area contributed by atoms with Gasteiger partial charge in [-0.2, -0.15) is 5.26 Å². The number of hydrogen-bond donors (Lipinski definition) is 1. The summed E-state index contributed by atoms with van der Waals surface area (Å²) in [4.78, 5) is 0. The highest BCUT2D eigenvalue weighted by Gasteiger charge is 1.93. The number of nitrogens with two attached hydrogens (primary N) is 1. The molecule has 0 atom stereocenters. The second kappa shape index (κ2) is 3.59. The Morgan fingerprint density at radius 3 is 2.92 bits per heavy atom. The zero-order chi connectivity index (χ0) is 8.97. The lowest BCUT2D eigenvalue weighted by Crippen LogP contribution is -1.89. The Bertz CT molecular complexity index is 345. The topological polar surface area (TPSA) is 49.8 Å². The van der Waals surface area contributed by atoms with Crippen molar-refractivity contribution in [2.24, 2.45) is 0 Å². The van der Waals surface area contributed by atoms with Gasteiger partial charge in [0.2, 0.25) is 0 Å². The average molecular weight is 158 g/mol. The molecule has 2 nitrogen and oxygen atoms in total. The number of nitrogen functional groups attached to an aromatic ring is 1. The van der Waals surface area contributed by atoms with Gasteiger partial charge in [0.05, 0.1) is 6.07 Å². The van der Waals surface area contributed by atoms with E-state index < -0.39 is 0 Å². The summed E-state index contributed by atoms with van der Waals surface area (Å²) in [6.07, 6.45) is 3.13. The van der Waals surface area contributed by atoms with Crippen LogP contribution >= 0.6 is 0 Å². The van der Waals surface area contributed by atoms with Crippen LogP contribution in [0, 0.1) is 18.3 Å². The average Bonchev–Trinajstić information content (AvgIpc) is 2.07. The second-order valence-electron chi connectivity index (χ2n) is 2.59. The minimum Gasteiger partial charge on any atom is -0.398 e. The molecule has 0 fully saturated rings. The van der Waals surface area contributed by atoms with E-state index >= 15 is 0 Å². The van der Waals surface area contributed by atoms with Gasteiger partial charge in [-0.1, -0.05) is 11.6 Å². The first-order valence-corrected chi connectivity index (χ1v) is 3.66. The highest BCUT2D eigenvalue weighted by Crippen LogP contribution is 2.14. The molecule has 2 heteroatoms. The second-order valence-corrected chi connectivity index (χ2v) is 2.59. The number of anilines is 1. The molecule has 1 rings (SSSR count). The number of aryl methyl sites for hydroxylation is 1. The van der Waals surface area contributed by atoms with Crippen molar-refractivity contribution in [3.8, 4) is 6.07 Å². The molecule has 0 saturated carbocycles. The van der Waals surface area contributed by atoms with E-state index in [1.54, 1.807) is 6.08 Å². The van der Waals surface area contributed by atoms with Crippen molar-refractivity contribution < 1.29 is 0 Å². The minimum atomic E-state index is 0.701. The molecular formula is C10H10N2. The summed E-state index contributed by atoms with van der Waals surface area (Å²) in [5.74, 6) is 0. The quantitative estimate of drug-likeness (QED) is 0.502. The molecule has 0 radical (unpaired) electrons. The standard InChI is InChI=1S/C10H10N2/c1-8-4-5-10(12)9(7-8)3-2-6-11/h2-5,7H,12H2,1H3. The Labute approximate surface area is 71.9 Å². The van der Waals surface area contributed by atoms with E-state index in [0.717, 1.165) is 11.1 Å². The normalized spacial score (nSPS) is 10.0. The van der Waals surface area contributed by atoms with E-state index in [4.69, 9.17) is 11.0 Å². The molecule has 2 N–H and O–H groups in total. The van der Waals surface area contributed by atoms with Crippen molar-refractivity contribution in [2.45, 2.75) is 6.92 Å². The number of hydrogen-bond acceptors (Lipinski definition) is 2. The fraction of sp³-hybridized carbons (Fsp3) is 0.100. The molecule has 1 aromatic carbocycles. The van der Waals surface area contributed by atoms with Gasteiger partial charge in [-0.25, -0.2) is 0 Å². The van der Waals surface area contributed by atoms with Gasteiger partial charge in [0, 0.05) is 11.8 Å². The molecule has 0 aliphatic heterocycles. The molecule has 0 spiro atoms. The first-order valence-electron chi connectivity index (χ1n) is 3.66. The van der Waals surface area contributed by atoms with Crippen molar-refractivity contribution in [3.63, 3.8) is 0 Å². The number of benzene rings is 1. The first kappa shape index (κ1) is 8.35. The molecular weight excluding hydrogens is 148 g/mol. The van der Waals surface area contributed by atoms with Gasteiger partial charge in [-0.15, -0.1) is 0 Å². The number of nitrogens with zero attached hydrogens (tertiary/aromatic N) is 1. The summed E-state index contributed by atoms with van der Waals surface area (Å²) in [6.45, 7) is 1.99. The molecule has 0 aliphatic carbocycles. The maximum absolute atomic E-state index is 8.31. The summed E-state index contributed by atoms with van der Waals surface area (Å²) < 4.78 is 0. The van der Waals surface area contributed by atoms with Crippen molar-refractivity contribution in [2.75, 3.05) is 5.73 Å². The van der Waals surface area contributed by atoms with Crippen LogP contribution in [0.5, 0.6) is 0 Å². The summed E-state index contributed by atoms with van der Waals surface area (Å²) >= 11 is 0. The van der Waals surface area contributed by atoms with Crippen molar-refractivity contribution >= 4 is 11.8 Å². The third-order valence-corrected chi connectivity index (χ3v) is 1.58. The van der Waals surface area contributed by atoms with Crippen LogP contribution in [0.4, 0.5) is 5.69 Å². The molecule has 60 valence electrons. The van der Waals surface area contributed by atoms with E-state index in [0.29, 0.717) is 5.69 Å². The van der Waals surface area contributed by atoms with Gasteiger partial charge in [0.1, 0.15) is 0 Å². The number of allylic oxidation sites excluding steroid dienone is 1. The molecule has 0 saturated heterocycles. The maximum atomic E-state index is 8.31. The van der Waals surface area contributed by atoms with E-state index in [1.165, 1.54) is 6.08 Å². The Kier molecular flexibility index (Phi) is 2.49. The number of rotatable bonds is 1. The minimum absolute atomic E-state index is 0.701. The summed E-state index contributed by atoms with van der Waals surface area (Å²) in [5.41, 5.74) is 8.41. The molecule has 0 bridgehead atoms. The molecule has 0 unspecified atom stereocenters. The predicted molar refractivity (Wildman–Crippen MR) is 50.2 cm³/mol. The van der Waals surface area contributed by atoms with E-state index in [1.807, 2.05) is 31.2 Å². The van der Waals surface area contributed by atoms with E-state index in [-0.39, 0.29) is 0 Å². The molecule has 0 aromatic heterocycles. The molecule has 1 aromatic rings. The van der Waals surface area contributed by atoms with Crippen LogP contribution in [0.1, 0.15) is 11.1 Å². The van der Waals surface area contributed by atoms with Crippen molar-refractivity contribution in [1.29, 1.82) is 5.26 Å². The van der Waals surface area contributed by atoms with Crippen LogP contribution < -0.4 is 5.73 Å². The van der Waals surface area contributed by atoms with Crippen LogP contribution in [0.3, 0.4) is 0 Å². The number of nitriles is 1. The third kappa shape index (κ3) is 1.86. The summed E-state index contributed by atoms with van der Waals surface area (Å²) in [6, 6.07) is 7.66. The van der Waals surface area contributed by atoms with Gasteiger partial charge in [0.15, 0.2) is 0 Å². The lowest BCUT2D eigenvalue weighted by atomic mass is 10.1. The van der Waals surface area contributed by atoms with Crippen LogP contribution in [-0.2, 0) is 0 Å². The zero-order valence-electron chi connectivity index (χ0n) is 6.91. The predicted octanol–water partition coefficient (Wildman–Crippen LogP) is 2.11. The van der Waals surface area contributed by atoms with Crippen molar-refractivity contribution in [1.82, 2.24) is 0 Å². The van der Waals surface area contributed by atoms with Crippen LogP contribution in [-0.4, -0.2) is 0 Å². The molecule has 12 heavy (non-hydrogen) atoms. The first-order chi connectivity index (χ1) is 5.74. The smallest absolute Gasteiger partial charge is 0.0912 e. The zero-order valence-corrected chi connectivity index (χ0v) is 6.91. The Hall–Kier alpha value is -1.75. The largest absolute Gasteiger partial charge is 0.398 e. The van der Waals surface area contributed by atoms with Crippen molar-refractivity contribution in [3.05, 3.63) is 35.4 Å². The Balaban J connectivity index is 3.07. The van der Waals surface area contributed by atoms with Crippen LogP contribution in [0.2, 0.25) is 0 Å². The highest BCUT2D eigenvalue weighted by atomic mass is 14.5. The van der Waals surface area contributed by atoms with Gasteiger partial charge in [-0.05, 0) is 30.7 Å². The lowest BCUT2D eigenvalue weighted by Gasteiger charge is -2.00. The molecule has 0 amide bonds. The van der Waals surface area contributed by atoms with Gasteiger partial charge in [0.25, 0.3) is 0 Å². The SMILES string of the molecule is Cc1ccc(N)c(C=CC#N)c1. The maximum Gasteiger partial charge on any atom is 0.0912 e. The summed E-state index contributed by atoms with van der Waals surface area (Å²) in [5, 5.41) is 8.31. The van der Waals surface area contributed by atoms with Gasteiger partial charge < -0.3 is 5.73 Å². The fourth-order valence-electron chi connectivity index (χ4n) is 0.966. The monoisotopic (exact) mass is 158 g/mol. The van der Waals surface area contributed by atoms with E-state index in [2.05, 4.69) is 0 Å². The lowest BCUT2D eigenvalue weighted by molar-refractivity contribution is 1.46. The van der Waals surface area contributed by atoms with Gasteiger partial charge >= 0.3 is 0 Å². The van der Waals surface area contributed by atoms with Gasteiger partial charge in [-0.3, -0.25) is 0 Å².